The molecule has 112 valence electrons. The highest BCUT2D eigenvalue weighted by molar-refractivity contribution is 5.93. The van der Waals surface area contributed by atoms with Crippen molar-refractivity contribution >= 4 is 23.1 Å². The van der Waals surface area contributed by atoms with Crippen LogP contribution in [0.1, 0.15) is 6.23 Å². The van der Waals surface area contributed by atoms with E-state index in [9.17, 15) is 15.0 Å². The van der Waals surface area contributed by atoms with E-state index in [1.165, 1.54) is 6.33 Å². The number of hydrogen-bond donors (Lipinski definition) is 4. The van der Waals surface area contributed by atoms with Gasteiger partial charge in [-0.25, -0.2) is 4.98 Å². The molecule has 0 radical (unpaired) electrons. The number of rotatable bonds is 4. The summed E-state index contributed by atoms with van der Waals surface area (Å²) in [5, 5.41) is 31.5. The number of carbonyl (C=O) groups excluding carboxylic acids is 1. The summed E-state index contributed by atoms with van der Waals surface area (Å²) in [6, 6.07) is 5.19. The minimum Gasteiger partial charge on any atom is -0.394 e. The monoisotopic (exact) mass is 293 g/mol. The number of nitrogens with zero attached hydrogens (tertiary/aromatic N) is 2. The number of amides is 1. The topological polar surface area (TPSA) is 117 Å². The number of para-hydroxylation sites is 1. The van der Waals surface area contributed by atoms with Crippen LogP contribution in [0.15, 0.2) is 24.5 Å². The molecule has 1 aromatic carbocycles. The van der Waals surface area contributed by atoms with E-state index >= 15 is 0 Å². The summed E-state index contributed by atoms with van der Waals surface area (Å²) in [5.74, 6) is 0. The van der Waals surface area contributed by atoms with Crippen LogP contribution < -0.4 is 5.32 Å². The zero-order valence-electron chi connectivity index (χ0n) is 11.0. The van der Waals surface area contributed by atoms with E-state index in [1.807, 2.05) is 0 Å². The van der Waals surface area contributed by atoms with E-state index in [4.69, 9.17) is 9.84 Å². The second-order valence-electron chi connectivity index (χ2n) is 4.82. The fourth-order valence-electron chi connectivity index (χ4n) is 2.55. The van der Waals surface area contributed by atoms with Crippen LogP contribution >= 0.6 is 0 Å². The number of aliphatic hydroxyl groups excluding tert-OH is 3. The average Bonchev–Trinajstić information content (AvgIpc) is 3.03. The van der Waals surface area contributed by atoms with Crippen LogP contribution in [0.3, 0.4) is 0 Å². The van der Waals surface area contributed by atoms with Gasteiger partial charge in [0.1, 0.15) is 23.8 Å². The van der Waals surface area contributed by atoms with Gasteiger partial charge in [-0.2, -0.15) is 0 Å². The van der Waals surface area contributed by atoms with Gasteiger partial charge in [-0.3, -0.25) is 4.79 Å². The lowest BCUT2D eigenvalue weighted by molar-refractivity contribution is -0.105. The molecule has 0 spiro atoms. The van der Waals surface area contributed by atoms with Gasteiger partial charge in [-0.05, 0) is 12.1 Å². The molecule has 1 aliphatic rings. The fraction of sp³-hybridized carbons (Fsp3) is 0.385. The predicted molar refractivity (Wildman–Crippen MR) is 72.4 cm³/mol. The second-order valence-corrected chi connectivity index (χ2v) is 4.82. The quantitative estimate of drug-likeness (QED) is 0.549. The first-order chi connectivity index (χ1) is 10.2. The zero-order chi connectivity index (χ0) is 15.0. The second kappa shape index (κ2) is 5.41. The van der Waals surface area contributed by atoms with Crippen LogP contribution in [0.2, 0.25) is 0 Å². The Morgan fingerprint density at radius 3 is 2.86 bits per heavy atom. The van der Waals surface area contributed by atoms with Gasteiger partial charge < -0.3 is 29.9 Å². The third kappa shape index (κ3) is 2.18. The van der Waals surface area contributed by atoms with Gasteiger partial charge in [0.05, 0.1) is 24.1 Å². The van der Waals surface area contributed by atoms with Crippen LogP contribution in [0.4, 0.5) is 5.69 Å². The maximum atomic E-state index is 10.6. The Balaban J connectivity index is 2.02. The molecule has 0 bridgehead atoms. The molecule has 1 amide bonds. The molecule has 1 aliphatic heterocycles. The maximum absolute atomic E-state index is 10.6. The van der Waals surface area contributed by atoms with Gasteiger partial charge in [-0.1, -0.05) is 6.07 Å². The molecule has 0 aliphatic carbocycles. The van der Waals surface area contributed by atoms with Gasteiger partial charge in [0.15, 0.2) is 6.23 Å². The number of aliphatic hydroxyl groups is 3. The van der Waals surface area contributed by atoms with Crippen molar-refractivity contribution in [1.82, 2.24) is 9.55 Å². The number of imidazole rings is 1. The Morgan fingerprint density at radius 1 is 1.38 bits per heavy atom. The molecule has 4 atom stereocenters. The summed E-state index contributed by atoms with van der Waals surface area (Å²) in [6.07, 6.45) is -2.04. The van der Waals surface area contributed by atoms with E-state index in [1.54, 1.807) is 22.8 Å². The summed E-state index contributed by atoms with van der Waals surface area (Å²) in [6.45, 7) is -0.390. The maximum Gasteiger partial charge on any atom is 0.211 e. The number of carbonyl (C=O) groups is 1. The minimum atomic E-state index is -1.18. The molecule has 1 fully saturated rings. The van der Waals surface area contributed by atoms with Crippen molar-refractivity contribution in [2.24, 2.45) is 0 Å². The molecule has 2 heterocycles. The Labute approximate surface area is 119 Å². The van der Waals surface area contributed by atoms with E-state index < -0.39 is 24.5 Å². The average molecular weight is 293 g/mol. The van der Waals surface area contributed by atoms with Crippen LogP contribution in [0.25, 0.3) is 11.0 Å². The van der Waals surface area contributed by atoms with Crippen molar-refractivity contribution in [2.45, 2.75) is 24.5 Å². The number of nitrogens with one attached hydrogen (secondary N) is 1. The number of anilines is 1. The first kappa shape index (κ1) is 14.0. The number of fused-ring (bicyclic) bond motifs is 1. The molecule has 0 saturated carbocycles. The predicted octanol–water partition coefficient (Wildman–Crippen LogP) is -0.784. The molecule has 8 nitrogen and oxygen atoms in total. The highest BCUT2D eigenvalue weighted by Crippen LogP contribution is 2.33. The van der Waals surface area contributed by atoms with Gasteiger partial charge in [0, 0.05) is 0 Å². The van der Waals surface area contributed by atoms with E-state index in [2.05, 4.69) is 10.3 Å². The number of hydrogen-bond acceptors (Lipinski definition) is 6. The number of benzene rings is 1. The molecule has 0 unspecified atom stereocenters. The van der Waals surface area contributed by atoms with Crippen molar-refractivity contribution in [3.8, 4) is 0 Å². The smallest absolute Gasteiger partial charge is 0.211 e. The first-order valence-electron chi connectivity index (χ1n) is 6.45. The lowest BCUT2D eigenvalue weighted by Gasteiger charge is -2.17. The lowest BCUT2D eigenvalue weighted by Crippen LogP contribution is -2.33. The van der Waals surface area contributed by atoms with Gasteiger partial charge in [0.2, 0.25) is 6.41 Å². The molecule has 2 aromatic rings. The standard InChI is InChI=1S/C13H15N3O5/c17-4-9-11(19)12(20)13(21-9)16-5-14-10-7(15-6-18)2-1-3-8(10)16/h1-3,5-6,9,11-13,17,19-20H,4H2,(H,15,18)/t9-,11-,12-,13-/m1/s1. The molecular formula is C13H15N3O5. The number of ether oxygens (including phenoxy) is 1. The lowest BCUT2D eigenvalue weighted by atomic mass is 10.1. The van der Waals surface area contributed by atoms with Crippen molar-refractivity contribution in [3.05, 3.63) is 24.5 Å². The molecule has 21 heavy (non-hydrogen) atoms. The van der Waals surface area contributed by atoms with E-state index in [-0.39, 0.29) is 6.61 Å². The summed E-state index contributed by atoms with van der Waals surface area (Å²) in [4.78, 5) is 14.8. The minimum absolute atomic E-state index is 0.390. The highest BCUT2D eigenvalue weighted by atomic mass is 16.6. The van der Waals surface area contributed by atoms with Crippen molar-refractivity contribution in [1.29, 1.82) is 0 Å². The van der Waals surface area contributed by atoms with Crippen LogP contribution in [-0.2, 0) is 9.53 Å². The molecule has 1 aromatic heterocycles. The van der Waals surface area contributed by atoms with Gasteiger partial charge >= 0.3 is 0 Å². The van der Waals surface area contributed by atoms with Crippen LogP contribution in [0, 0.1) is 0 Å². The van der Waals surface area contributed by atoms with Gasteiger partial charge in [-0.15, -0.1) is 0 Å². The van der Waals surface area contributed by atoms with Crippen LogP contribution in [-0.4, -0.2) is 56.2 Å². The summed E-state index contributed by atoms with van der Waals surface area (Å²) < 4.78 is 7.03. The molecule has 8 heteroatoms. The zero-order valence-corrected chi connectivity index (χ0v) is 11.0. The third-order valence-electron chi connectivity index (χ3n) is 3.61. The van der Waals surface area contributed by atoms with E-state index in [0.29, 0.717) is 23.1 Å². The van der Waals surface area contributed by atoms with Crippen LogP contribution in [0.5, 0.6) is 0 Å². The summed E-state index contributed by atoms with van der Waals surface area (Å²) in [5.41, 5.74) is 1.71. The SMILES string of the molecule is O=CNc1cccc2c1ncn2[C@@H]1O[C@H](CO)[C@@H](O)[C@H]1O. The molecule has 4 N–H and O–H groups in total. The molecular weight excluding hydrogens is 278 g/mol. The van der Waals surface area contributed by atoms with Crippen molar-refractivity contribution in [3.63, 3.8) is 0 Å². The Hall–Kier alpha value is -2.00. The molecule has 1 saturated heterocycles. The largest absolute Gasteiger partial charge is 0.394 e. The van der Waals surface area contributed by atoms with Crippen molar-refractivity contribution in [2.75, 3.05) is 11.9 Å². The Morgan fingerprint density at radius 2 is 2.19 bits per heavy atom. The van der Waals surface area contributed by atoms with Gasteiger partial charge in [0.25, 0.3) is 0 Å². The fourth-order valence-corrected chi connectivity index (χ4v) is 2.55. The van der Waals surface area contributed by atoms with Crippen molar-refractivity contribution < 1.29 is 24.9 Å². The highest BCUT2D eigenvalue weighted by Gasteiger charge is 2.43. The summed E-state index contributed by atoms with van der Waals surface area (Å²) in [7, 11) is 0. The summed E-state index contributed by atoms with van der Waals surface area (Å²) >= 11 is 0. The van der Waals surface area contributed by atoms with E-state index in [0.717, 1.165) is 0 Å². The number of aromatic nitrogens is 2. The Bertz CT molecular complexity index is 658. The molecule has 3 rings (SSSR count). The Kier molecular flexibility index (Phi) is 3.60. The first-order valence-corrected chi connectivity index (χ1v) is 6.45. The normalized spacial score (nSPS) is 28.9. The third-order valence-corrected chi connectivity index (χ3v) is 3.61.